The van der Waals surface area contributed by atoms with Crippen LogP contribution in [0.25, 0.3) is 16.6 Å². The molecule has 0 unspecified atom stereocenters. The molecule has 0 saturated carbocycles. The van der Waals surface area contributed by atoms with E-state index in [2.05, 4.69) is 24.0 Å². The number of carbonyl (C=O) groups excluding carboxylic acids is 2. The zero-order valence-corrected chi connectivity index (χ0v) is 21.7. The first kappa shape index (κ1) is 26.1. The van der Waals surface area contributed by atoms with Crippen LogP contribution in [0, 0.1) is 6.92 Å². The molecule has 1 aromatic carbocycles. The van der Waals surface area contributed by atoms with Crippen molar-refractivity contribution in [2.45, 2.75) is 59.5 Å². The lowest BCUT2D eigenvalue weighted by molar-refractivity contribution is -0.143. The molecule has 4 rings (SSSR count). The Kier molecular flexibility index (Phi) is 8.67. The Morgan fingerprint density at radius 3 is 2.54 bits per heavy atom. The first-order valence-corrected chi connectivity index (χ1v) is 12.8. The summed E-state index contributed by atoms with van der Waals surface area (Å²) in [5, 5.41) is 4.87. The van der Waals surface area contributed by atoms with E-state index in [1.165, 1.54) is 6.20 Å². The first-order chi connectivity index (χ1) is 18.0. The summed E-state index contributed by atoms with van der Waals surface area (Å²) < 4.78 is 12.6. The molecule has 0 amide bonds. The lowest BCUT2D eigenvalue weighted by Crippen LogP contribution is -2.08. The van der Waals surface area contributed by atoms with Gasteiger partial charge in [0.25, 0.3) is 0 Å². The highest BCUT2D eigenvalue weighted by molar-refractivity contribution is 5.92. The number of carbonyl (C=O) groups is 2. The highest BCUT2D eigenvalue weighted by atomic mass is 16.5. The minimum Gasteiger partial charge on any atom is -0.466 e. The molecule has 0 spiro atoms. The van der Waals surface area contributed by atoms with Crippen molar-refractivity contribution >= 4 is 17.5 Å². The molecular weight excluding hydrogens is 466 g/mol. The van der Waals surface area contributed by atoms with Gasteiger partial charge in [-0.2, -0.15) is 5.10 Å². The molecule has 0 N–H and O–H groups in total. The Morgan fingerprint density at radius 2 is 1.78 bits per heavy atom. The van der Waals surface area contributed by atoms with E-state index in [1.807, 2.05) is 54.8 Å². The number of hydrogen-bond acceptors (Lipinski definition) is 6. The van der Waals surface area contributed by atoms with Crippen molar-refractivity contribution < 1.29 is 19.1 Å². The smallest absolute Gasteiger partial charge is 0.340 e. The normalized spacial score (nSPS) is 11.0. The molecule has 3 aromatic heterocycles. The van der Waals surface area contributed by atoms with Gasteiger partial charge in [-0.15, -0.1) is 0 Å². The number of ether oxygens (including phenoxy) is 2. The van der Waals surface area contributed by atoms with Gasteiger partial charge >= 0.3 is 11.9 Å². The summed E-state index contributed by atoms with van der Waals surface area (Å²) in [7, 11) is 0. The van der Waals surface area contributed by atoms with Crippen LogP contribution in [-0.2, 0) is 33.7 Å². The van der Waals surface area contributed by atoms with Gasteiger partial charge < -0.3 is 9.47 Å². The van der Waals surface area contributed by atoms with Crippen molar-refractivity contribution in [1.29, 1.82) is 0 Å². The molecule has 4 aromatic rings. The van der Waals surface area contributed by atoms with Crippen LogP contribution in [0.1, 0.15) is 66.0 Å². The highest BCUT2D eigenvalue weighted by Gasteiger charge is 2.19. The second kappa shape index (κ2) is 12.3. The molecule has 0 aliphatic heterocycles. The summed E-state index contributed by atoms with van der Waals surface area (Å²) in [6.07, 6.45) is 6.86. The van der Waals surface area contributed by atoms with Gasteiger partial charge in [0, 0.05) is 35.6 Å². The van der Waals surface area contributed by atoms with E-state index in [0.29, 0.717) is 18.6 Å². The van der Waals surface area contributed by atoms with Gasteiger partial charge in [0.1, 0.15) is 6.61 Å². The van der Waals surface area contributed by atoms with Crippen LogP contribution < -0.4 is 0 Å². The maximum absolute atomic E-state index is 12.9. The number of esters is 2. The van der Waals surface area contributed by atoms with Gasteiger partial charge in [-0.3, -0.25) is 9.78 Å². The number of nitrogens with zero attached hydrogens (tertiary/aromatic N) is 3. The summed E-state index contributed by atoms with van der Waals surface area (Å²) >= 11 is 0. The van der Waals surface area contributed by atoms with Gasteiger partial charge in [0.15, 0.2) is 0 Å². The Bertz CT molecular complexity index is 1380. The molecule has 37 heavy (non-hydrogen) atoms. The van der Waals surface area contributed by atoms with Crippen molar-refractivity contribution in [2.24, 2.45) is 0 Å². The van der Waals surface area contributed by atoms with Gasteiger partial charge in [0.2, 0.25) is 0 Å². The number of rotatable bonds is 11. The minimum atomic E-state index is -0.416. The van der Waals surface area contributed by atoms with Crippen LogP contribution in [0.4, 0.5) is 0 Å². The van der Waals surface area contributed by atoms with Crippen LogP contribution in [0.3, 0.4) is 0 Å². The monoisotopic (exact) mass is 499 g/mol. The summed E-state index contributed by atoms with van der Waals surface area (Å²) in [6, 6.07) is 15.6. The number of pyridine rings is 1. The molecule has 7 heteroatoms. The standard InChI is InChI=1S/C30H33N3O4/c1-4-25-15-16-27-29(26(21(3)32-33(25)27)13-9-10-14-28(34)36-5-2)23-17-24(19-31-18-23)30(35)37-20-22-11-7-6-8-12-22/h6-8,11-12,15-19H,4-5,9-10,13-14,20H2,1-3H3. The van der Waals surface area contributed by atoms with Crippen molar-refractivity contribution in [3.63, 3.8) is 0 Å². The third-order valence-electron chi connectivity index (χ3n) is 6.38. The molecule has 0 aliphatic carbocycles. The van der Waals surface area contributed by atoms with E-state index in [1.54, 1.807) is 6.20 Å². The Balaban J connectivity index is 1.64. The van der Waals surface area contributed by atoms with Crippen molar-refractivity contribution in [3.05, 3.63) is 89.0 Å². The fourth-order valence-electron chi connectivity index (χ4n) is 4.52. The van der Waals surface area contributed by atoms with Gasteiger partial charge in [-0.05, 0) is 68.9 Å². The van der Waals surface area contributed by atoms with Gasteiger partial charge in [0.05, 0.1) is 23.4 Å². The van der Waals surface area contributed by atoms with Crippen LogP contribution in [0.15, 0.2) is 60.9 Å². The zero-order valence-electron chi connectivity index (χ0n) is 21.7. The molecule has 7 nitrogen and oxygen atoms in total. The number of hydrogen-bond donors (Lipinski definition) is 0. The quantitative estimate of drug-likeness (QED) is 0.189. The van der Waals surface area contributed by atoms with Crippen LogP contribution >= 0.6 is 0 Å². The summed E-state index contributed by atoms with van der Waals surface area (Å²) in [5.41, 5.74) is 7.27. The van der Waals surface area contributed by atoms with Gasteiger partial charge in [-0.1, -0.05) is 37.3 Å². The van der Waals surface area contributed by atoms with E-state index < -0.39 is 5.97 Å². The number of benzene rings is 1. The number of aryl methyl sites for hydroxylation is 2. The molecule has 0 bridgehead atoms. The predicted molar refractivity (Wildman–Crippen MR) is 142 cm³/mol. The second-order valence-electron chi connectivity index (χ2n) is 8.95. The van der Waals surface area contributed by atoms with E-state index in [0.717, 1.165) is 64.8 Å². The maximum Gasteiger partial charge on any atom is 0.340 e. The lowest BCUT2D eigenvalue weighted by atomic mass is 9.95. The van der Waals surface area contributed by atoms with Gasteiger partial charge in [-0.25, -0.2) is 9.31 Å². The average molecular weight is 500 g/mol. The van der Waals surface area contributed by atoms with E-state index in [9.17, 15) is 9.59 Å². The number of aromatic nitrogens is 3. The summed E-state index contributed by atoms with van der Waals surface area (Å²) in [6.45, 7) is 6.53. The number of unbranched alkanes of at least 4 members (excludes halogenated alkanes) is 1. The third kappa shape index (κ3) is 6.23. The number of fused-ring (bicyclic) bond motifs is 1. The molecular formula is C30H33N3O4. The average Bonchev–Trinajstić information content (AvgIpc) is 3.32. The lowest BCUT2D eigenvalue weighted by Gasteiger charge is -2.16. The summed E-state index contributed by atoms with van der Waals surface area (Å²) in [5.74, 6) is -0.585. The first-order valence-electron chi connectivity index (χ1n) is 12.8. The molecule has 0 fully saturated rings. The Hall–Kier alpha value is -4.00. The fourth-order valence-corrected chi connectivity index (χ4v) is 4.52. The summed E-state index contributed by atoms with van der Waals surface area (Å²) in [4.78, 5) is 29.0. The van der Waals surface area contributed by atoms with Crippen molar-refractivity contribution in [1.82, 2.24) is 14.6 Å². The van der Waals surface area contributed by atoms with Crippen molar-refractivity contribution in [3.8, 4) is 11.1 Å². The third-order valence-corrected chi connectivity index (χ3v) is 6.38. The largest absolute Gasteiger partial charge is 0.466 e. The second-order valence-corrected chi connectivity index (χ2v) is 8.95. The fraction of sp³-hybridized carbons (Fsp3) is 0.333. The maximum atomic E-state index is 12.9. The molecule has 0 saturated heterocycles. The highest BCUT2D eigenvalue weighted by Crippen LogP contribution is 2.33. The molecule has 0 aliphatic rings. The van der Waals surface area contributed by atoms with Crippen LogP contribution in [0.5, 0.6) is 0 Å². The Morgan fingerprint density at radius 1 is 0.973 bits per heavy atom. The molecule has 0 atom stereocenters. The van der Waals surface area contributed by atoms with E-state index in [4.69, 9.17) is 14.6 Å². The van der Waals surface area contributed by atoms with Crippen LogP contribution in [-0.4, -0.2) is 33.1 Å². The molecule has 3 heterocycles. The Labute approximate surface area is 217 Å². The zero-order chi connectivity index (χ0) is 26.2. The minimum absolute atomic E-state index is 0.168. The topological polar surface area (TPSA) is 82.8 Å². The van der Waals surface area contributed by atoms with Crippen molar-refractivity contribution in [2.75, 3.05) is 6.61 Å². The van der Waals surface area contributed by atoms with E-state index in [-0.39, 0.29) is 12.6 Å². The van der Waals surface area contributed by atoms with E-state index >= 15 is 0 Å². The predicted octanol–water partition coefficient (Wildman–Crippen LogP) is 5.90. The van der Waals surface area contributed by atoms with Crippen LogP contribution in [0.2, 0.25) is 0 Å². The molecule has 0 radical (unpaired) electrons. The molecule has 192 valence electrons. The SMILES string of the molecule is CCOC(=O)CCCCc1c(C)nn2c(CC)ccc2c1-c1cncc(C(=O)OCc2ccccc2)c1.